The summed E-state index contributed by atoms with van der Waals surface area (Å²) in [6.07, 6.45) is 0. The van der Waals surface area contributed by atoms with Crippen LogP contribution in [0.4, 0.5) is 5.69 Å². The minimum absolute atomic E-state index is 0.173. The van der Waals surface area contributed by atoms with Gasteiger partial charge in [-0.05, 0) is 47.5 Å². The molecule has 0 saturated heterocycles. The number of benzene rings is 4. The number of carbonyl (C=O) groups excluding carboxylic acids is 1. The largest absolute Gasteiger partial charge is 0.496 e. The fourth-order valence-electron chi connectivity index (χ4n) is 4.57. The van der Waals surface area contributed by atoms with Crippen molar-refractivity contribution in [2.45, 2.75) is 6.54 Å². The van der Waals surface area contributed by atoms with Crippen LogP contribution in [0.1, 0.15) is 32.6 Å². The number of carboxylic acid groups (broad SMARTS) is 1. The number of fused-ring (bicyclic) bond motifs is 1. The van der Waals surface area contributed by atoms with Gasteiger partial charge in [-0.25, -0.2) is 4.79 Å². The molecule has 0 saturated carbocycles. The number of aromatic carboxylic acids is 1. The van der Waals surface area contributed by atoms with Gasteiger partial charge in [0, 0.05) is 21.7 Å². The quantitative estimate of drug-likeness (QED) is 0.308. The maximum atomic E-state index is 14.1. The van der Waals surface area contributed by atoms with Crippen molar-refractivity contribution in [1.29, 1.82) is 0 Å². The van der Waals surface area contributed by atoms with Gasteiger partial charge in [0.25, 0.3) is 5.91 Å². The lowest BCUT2D eigenvalue weighted by atomic mass is 9.89. The first-order valence-corrected chi connectivity index (χ1v) is 11.7. The normalized spacial score (nSPS) is 13.9. The summed E-state index contributed by atoms with van der Waals surface area (Å²) in [6, 6.07) is 29.3. The summed E-state index contributed by atoms with van der Waals surface area (Å²) in [5, 5.41) is 10.0. The SMILES string of the molecule is COc1ccccc1/C(=C1\C(=O)N(Cc2cccc(C(=O)O)c2)c2ccccc21)c1ccc(Cl)cc1. The molecule has 1 aliphatic rings. The molecular formula is C30H22ClNO4. The van der Waals surface area contributed by atoms with E-state index >= 15 is 0 Å². The summed E-state index contributed by atoms with van der Waals surface area (Å²) in [5.41, 5.74) is 5.37. The number of halogens is 1. The Balaban J connectivity index is 1.72. The smallest absolute Gasteiger partial charge is 0.335 e. The Morgan fingerprint density at radius 3 is 2.36 bits per heavy atom. The Hall–Kier alpha value is -4.35. The van der Waals surface area contributed by atoms with Crippen molar-refractivity contribution in [3.05, 3.63) is 130 Å². The zero-order valence-corrected chi connectivity index (χ0v) is 20.2. The van der Waals surface area contributed by atoms with Crippen LogP contribution in [0.15, 0.2) is 97.1 Å². The van der Waals surface area contributed by atoms with Crippen LogP contribution in [0.5, 0.6) is 5.75 Å². The van der Waals surface area contributed by atoms with E-state index in [9.17, 15) is 14.7 Å². The predicted molar refractivity (Wildman–Crippen MR) is 141 cm³/mol. The van der Waals surface area contributed by atoms with Crippen LogP contribution >= 0.6 is 11.6 Å². The van der Waals surface area contributed by atoms with Crippen molar-refractivity contribution in [2.75, 3.05) is 12.0 Å². The molecule has 0 aliphatic carbocycles. The lowest BCUT2D eigenvalue weighted by molar-refractivity contribution is -0.113. The summed E-state index contributed by atoms with van der Waals surface area (Å²) in [6.45, 7) is 0.236. The fourth-order valence-corrected chi connectivity index (χ4v) is 4.69. The van der Waals surface area contributed by atoms with E-state index in [1.54, 1.807) is 36.3 Å². The maximum Gasteiger partial charge on any atom is 0.335 e. The van der Waals surface area contributed by atoms with Crippen LogP contribution in [0.2, 0.25) is 5.02 Å². The van der Waals surface area contributed by atoms with Crippen LogP contribution in [-0.2, 0) is 11.3 Å². The molecule has 0 fully saturated rings. The molecule has 0 atom stereocenters. The molecule has 0 radical (unpaired) electrons. The van der Waals surface area contributed by atoms with E-state index in [-0.39, 0.29) is 18.0 Å². The topological polar surface area (TPSA) is 66.8 Å². The van der Waals surface area contributed by atoms with Crippen LogP contribution in [-0.4, -0.2) is 24.1 Å². The average molecular weight is 496 g/mol. The lowest BCUT2D eigenvalue weighted by Gasteiger charge is -2.18. The molecule has 0 spiro atoms. The Morgan fingerprint density at radius 1 is 0.889 bits per heavy atom. The van der Waals surface area contributed by atoms with Crippen molar-refractivity contribution in [3.63, 3.8) is 0 Å². The third kappa shape index (κ3) is 4.25. The second-order valence-electron chi connectivity index (χ2n) is 8.37. The Morgan fingerprint density at radius 2 is 1.61 bits per heavy atom. The summed E-state index contributed by atoms with van der Waals surface area (Å²) >= 11 is 6.18. The molecule has 1 heterocycles. The van der Waals surface area contributed by atoms with Crippen molar-refractivity contribution in [2.24, 2.45) is 0 Å². The highest BCUT2D eigenvalue weighted by atomic mass is 35.5. The third-order valence-electron chi connectivity index (χ3n) is 6.20. The second-order valence-corrected chi connectivity index (χ2v) is 8.81. The van der Waals surface area contributed by atoms with Gasteiger partial charge < -0.3 is 14.7 Å². The molecule has 5 nitrogen and oxygen atoms in total. The molecule has 1 amide bonds. The van der Waals surface area contributed by atoms with Crippen molar-refractivity contribution in [1.82, 2.24) is 0 Å². The van der Waals surface area contributed by atoms with Crippen LogP contribution in [0.3, 0.4) is 0 Å². The number of para-hydroxylation sites is 2. The summed E-state index contributed by atoms with van der Waals surface area (Å²) in [4.78, 5) is 27.3. The highest BCUT2D eigenvalue weighted by Crippen LogP contribution is 2.45. The van der Waals surface area contributed by atoms with E-state index in [0.29, 0.717) is 16.3 Å². The first kappa shape index (κ1) is 23.4. The second kappa shape index (κ2) is 9.72. The third-order valence-corrected chi connectivity index (χ3v) is 6.45. The molecular weight excluding hydrogens is 474 g/mol. The van der Waals surface area contributed by atoms with Gasteiger partial charge in [0.1, 0.15) is 5.75 Å². The monoisotopic (exact) mass is 495 g/mol. The molecule has 4 aromatic carbocycles. The van der Waals surface area contributed by atoms with Gasteiger partial charge in [-0.2, -0.15) is 0 Å². The number of hydrogen-bond acceptors (Lipinski definition) is 3. The van der Waals surface area contributed by atoms with E-state index in [1.807, 2.05) is 66.7 Å². The van der Waals surface area contributed by atoms with Crippen LogP contribution in [0.25, 0.3) is 11.1 Å². The summed E-state index contributed by atoms with van der Waals surface area (Å²) in [7, 11) is 1.61. The highest BCUT2D eigenvalue weighted by Gasteiger charge is 2.35. The summed E-state index contributed by atoms with van der Waals surface area (Å²) in [5.74, 6) is -0.535. The number of methoxy groups -OCH3 is 1. The molecule has 36 heavy (non-hydrogen) atoms. The zero-order valence-electron chi connectivity index (χ0n) is 19.4. The van der Waals surface area contributed by atoms with E-state index in [0.717, 1.165) is 33.5 Å². The molecule has 6 heteroatoms. The Bertz CT molecular complexity index is 1510. The molecule has 1 aliphatic heterocycles. The van der Waals surface area contributed by atoms with E-state index in [2.05, 4.69) is 0 Å². The van der Waals surface area contributed by atoms with Gasteiger partial charge in [-0.3, -0.25) is 4.79 Å². The fraction of sp³-hybridized carbons (Fsp3) is 0.0667. The zero-order chi connectivity index (χ0) is 25.2. The summed E-state index contributed by atoms with van der Waals surface area (Å²) < 4.78 is 5.67. The van der Waals surface area contributed by atoms with Gasteiger partial charge in [0.15, 0.2) is 0 Å². The maximum absolute atomic E-state index is 14.1. The number of hydrogen-bond donors (Lipinski definition) is 1. The molecule has 1 N–H and O–H groups in total. The molecule has 0 bridgehead atoms. The first-order chi connectivity index (χ1) is 17.5. The van der Waals surface area contributed by atoms with E-state index in [4.69, 9.17) is 16.3 Å². The number of amides is 1. The Labute approximate surface area is 213 Å². The number of nitrogens with zero attached hydrogens (tertiary/aromatic N) is 1. The number of carbonyl (C=O) groups is 2. The lowest BCUT2D eigenvalue weighted by Crippen LogP contribution is -2.26. The van der Waals surface area contributed by atoms with Gasteiger partial charge in [0.05, 0.1) is 30.5 Å². The van der Waals surface area contributed by atoms with Crippen molar-refractivity contribution < 1.29 is 19.4 Å². The Kier molecular flexibility index (Phi) is 6.32. The van der Waals surface area contributed by atoms with Crippen LogP contribution < -0.4 is 9.64 Å². The number of rotatable bonds is 6. The van der Waals surface area contributed by atoms with Gasteiger partial charge in [-0.15, -0.1) is 0 Å². The van der Waals surface area contributed by atoms with Gasteiger partial charge in [0.2, 0.25) is 0 Å². The van der Waals surface area contributed by atoms with Crippen molar-refractivity contribution in [3.8, 4) is 5.75 Å². The number of ether oxygens (including phenoxy) is 1. The highest BCUT2D eigenvalue weighted by molar-refractivity contribution is 6.39. The molecule has 0 unspecified atom stereocenters. The predicted octanol–water partition coefficient (Wildman–Crippen LogP) is 6.55. The standard InChI is InChI=1S/C30H22ClNO4/c1-36-26-12-5-3-10-24(26)27(20-13-15-22(31)16-14-20)28-23-9-2-4-11-25(23)32(29(28)33)18-19-7-6-8-21(17-19)30(34)35/h2-17H,18H2,1H3,(H,34,35)/b28-27-. The van der Waals surface area contributed by atoms with E-state index in [1.165, 1.54) is 6.07 Å². The molecule has 4 aromatic rings. The molecule has 5 rings (SSSR count). The number of anilines is 1. The molecule has 0 aromatic heterocycles. The number of carboxylic acids is 1. The minimum atomic E-state index is -1.01. The average Bonchev–Trinajstić information content (AvgIpc) is 3.17. The van der Waals surface area contributed by atoms with E-state index < -0.39 is 5.97 Å². The first-order valence-electron chi connectivity index (χ1n) is 11.3. The van der Waals surface area contributed by atoms with Crippen molar-refractivity contribution >= 4 is 40.3 Å². The van der Waals surface area contributed by atoms with Crippen LogP contribution in [0, 0.1) is 0 Å². The molecule has 178 valence electrons. The van der Waals surface area contributed by atoms with Gasteiger partial charge >= 0.3 is 5.97 Å². The minimum Gasteiger partial charge on any atom is -0.496 e. The van der Waals surface area contributed by atoms with Gasteiger partial charge in [-0.1, -0.05) is 72.3 Å².